The van der Waals surface area contributed by atoms with E-state index in [1.165, 1.54) is 0 Å². The average molecular weight is 326 g/mol. The summed E-state index contributed by atoms with van der Waals surface area (Å²) in [5.41, 5.74) is 1.82. The number of likely N-dealkylation sites (tertiary alicyclic amines) is 1. The quantitative estimate of drug-likeness (QED) is 0.609. The Bertz CT molecular complexity index is 709. The molecule has 1 heterocycles. The molecule has 126 valence electrons. The standard InChI is InChI=1S/C19H21NO4/c1-11-8-12(2)16-14(9-11)17(21)20(18(16)22)15(19(23)24)10-13-6-4-3-5-7-13/h3-8,12,14-16H,9-10H2,1-2H3,(H,23,24)/p-1/t12-,14-,15+,16+/m0/s1. The van der Waals surface area contributed by atoms with E-state index in [0.717, 1.165) is 16.0 Å². The normalized spacial score (nSPS) is 27.7. The van der Waals surface area contributed by atoms with Crippen LogP contribution in [0.25, 0.3) is 0 Å². The first-order chi connectivity index (χ1) is 11.4. The van der Waals surface area contributed by atoms with Crippen molar-refractivity contribution in [1.82, 2.24) is 4.90 Å². The van der Waals surface area contributed by atoms with Crippen LogP contribution in [0.4, 0.5) is 0 Å². The molecule has 0 unspecified atom stereocenters. The van der Waals surface area contributed by atoms with Crippen LogP contribution in [0.5, 0.6) is 0 Å². The van der Waals surface area contributed by atoms with Gasteiger partial charge in [-0.25, -0.2) is 0 Å². The Hall–Kier alpha value is -2.43. The van der Waals surface area contributed by atoms with Crippen molar-refractivity contribution in [1.29, 1.82) is 0 Å². The number of imide groups is 1. The largest absolute Gasteiger partial charge is 0.548 e. The highest BCUT2D eigenvalue weighted by atomic mass is 16.4. The van der Waals surface area contributed by atoms with Crippen molar-refractivity contribution in [3.8, 4) is 0 Å². The zero-order valence-corrected chi connectivity index (χ0v) is 13.8. The van der Waals surface area contributed by atoms with Crippen LogP contribution in [0.1, 0.15) is 25.8 Å². The van der Waals surface area contributed by atoms with Crippen LogP contribution in [0.2, 0.25) is 0 Å². The molecule has 1 fully saturated rings. The number of carboxylic acid groups (broad SMARTS) is 1. The molecule has 1 aromatic rings. The zero-order valence-electron chi connectivity index (χ0n) is 13.8. The maximum atomic E-state index is 12.8. The molecule has 0 saturated carbocycles. The minimum absolute atomic E-state index is 0.0654. The molecule has 1 saturated heterocycles. The first kappa shape index (κ1) is 16.4. The Morgan fingerprint density at radius 2 is 1.92 bits per heavy atom. The lowest BCUT2D eigenvalue weighted by molar-refractivity contribution is -0.310. The number of carbonyl (C=O) groups excluding carboxylic acids is 3. The van der Waals surface area contributed by atoms with E-state index in [1.807, 2.05) is 26.0 Å². The van der Waals surface area contributed by atoms with Gasteiger partial charge in [0.1, 0.15) is 0 Å². The van der Waals surface area contributed by atoms with Crippen LogP contribution in [0.15, 0.2) is 42.0 Å². The van der Waals surface area contributed by atoms with E-state index in [1.54, 1.807) is 24.3 Å². The van der Waals surface area contributed by atoms with Crippen molar-refractivity contribution < 1.29 is 19.5 Å². The number of rotatable bonds is 4. The van der Waals surface area contributed by atoms with Crippen LogP contribution in [-0.4, -0.2) is 28.7 Å². The van der Waals surface area contributed by atoms with E-state index in [4.69, 9.17) is 0 Å². The number of hydrogen-bond donors (Lipinski definition) is 0. The Kier molecular flexibility index (Phi) is 4.26. The zero-order chi connectivity index (χ0) is 17.4. The highest BCUT2D eigenvalue weighted by molar-refractivity contribution is 6.08. The molecule has 4 atom stereocenters. The number of carbonyl (C=O) groups is 3. The molecule has 0 aromatic heterocycles. The second-order valence-corrected chi connectivity index (χ2v) is 6.78. The molecule has 5 heteroatoms. The van der Waals surface area contributed by atoms with Crippen LogP contribution in [0, 0.1) is 17.8 Å². The van der Waals surface area contributed by atoms with Gasteiger partial charge in [-0.15, -0.1) is 0 Å². The van der Waals surface area contributed by atoms with Gasteiger partial charge in [-0.1, -0.05) is 48.9 Å². The monoisotopic (exact) mass is 326 g/mol. The number of hydrogen-bond acceptors (Lipinski definition) is 4. The predicted molar refractivity (Wildman–Crippen MR) is 85.3 cm³/mol. The van der Waals surface area contributed by atoms with E-state index >= 15 is 0 Å². The average Bonchev–Trinajstić information content (AvgIpc) is 2.77. The summed E-state index contributed by atoms with van der Waals surface area (Å²) in [4.78, 5) is 38.2. The second-order valence-electron chi connectivity index (χ2n) is 6.78. The summed E-state index contributed by atoms with van der Waals surface area (Å²) in [6.07, 6.45) is 2.59. The number of fused-ring (bicyclic) bond motifs is 1. The number of nitrogens with zero attached hydrogens (tertiary/aromatic N) is 1. The Balaban J connectivity index is 1.91. The van der Waals surface area contributed by atoms with Gasteiger partial charge in [-0.05, 0) is 31.2 Å². The Labute approximate surface area is 141 Å². The first-order valence-corrected chi connectivity index (χ1v) is 8.19. The fourth-order valence-electron chi connectivity index (χ4n) is 3.97. The topological polar surface area (TPSA) is 77.5 Å². The highest BCUT2D eigenvalue weighted by Gasteiger charge is 2.52. The summed E-state index contributed by atoms with van der Waals surface area (Å²) < 4.78 is 0. The number of amides is 2. The molecular weight excluding hydrogens is 306 g/mol. The molecule has 0 radical (unpaired) electrons. The lowest BCUT2D eigenvalue weighted by Crippen LogP contribution is -2.52. The van der Waals surface area contributed by atoms with Gasteiger partial charge in [0.15, 0.2) is 0 Å². The maximum Gasteiger partial charge on any atom is 0.234 e. The predicted octanol–water partition coefficient (Wildman–Crippen LogP) is 0.935. The van der Waals surface area contributed by atoms with E-state index in [9.17, 15) is 19.5 Å². The number of allylic oxidation sites excluding steroid dienone is 2. The minimum atomic E-state index is -1.39. The molecule has 1 aromatic carbocycles. The van der Waals surface area contributed by atoms with E-state index < -0.39 is 23.8 Å². The van der Waals surface area contributed by atoms with Gasteiger partial charge in [0.25, 0.3) is 0 Å². The van der Waals surface area contributed by atoms with Gasteiger partial charge in [0, 0.05) is 0 Å². The van der Waals surface area contributed by atoms with Crippen LogP contribution < -0.4 is 5.11 Å². The molecule has 0 spiro atoms. The van der Waals surface area contributed by atoms with Crippen molar-refractivity contribution >= 4 is 17.8 Å². The fraction of sp³-hybridized carbons (Fsp3) is 0.421. The van der Waals surface area contributed by atoms with E-state index in [-0.39, 0.29) is 24.2 Å². The Morgan fingerprint density at radius 1 is 1.25 bits per heavy atom. The van der Waals surface area contributed by atoms with Crippen molar-refractivity contribution in [2.75, 3.05) is 0 Å². The number of benzene rings is 1. The summed E-state index contributed by atoms with van der Waals surface area (Å²) in [7, 11) is 0. The van der Waals surface area contributed by atoms with Gasteiger partial charge in [0.2, 0.25) is 11.8 Å². The number of aliphatic carboxylic acids is 1. The van der Waals surface area contributed by atoms with Crippen molar-refractivity contribution in [2.24, 2.45) is 17.8 Å². The third kappa shape index (κ3) is 2.75. The molecule has 1 aliphatic carbocycles. The SMILES string of the molecule is CC1=C[C@H](C)[C@H]2C(=O)N([C@H](Cc3ccccc3)C(=O)[O-])C(=O)[C@H]2C1. The van der Waals surface area contributed by atoms with Crippen LogP contribution >= 0.6 is 0 Å². The number of carboxylic acids is 1. The second kappa shape index (κ2) is 6.23. The molecule has 2 amide bonds. The molecule has 1 aliphatic heterocycles. The summed E-state index contributed by atoms with van der Waals surface area (Å²) in [5.74, 6) is -3.13. The van der Waals surface area contributed by atoms with E-state index in [2.05, 4.69) is 0 Å². The van der Waals surface area contributed by atoms with E-state index in [0.29, 0.717) is 6.42 Å². The molecule has 0 bridgehead atoms. The lowest BCUT2D eigenvalue weighted by atomic mass is 9.76. The first-order valence-electron chi connectivity index (χ1n) is 8.19. The smallest absolute Gasteiger partial charge is 0.234 e. The highest BCUT2D eigenvalue weighted by Crippen LogP contribution is 2.41. The lowest BCUT2D eigenvalue weighted by Gasteiger charge is -2.28. The molecule has 24 heavy (non-hydrogen) atoms. The summed E-state index contributed by atoms with van der Waals surface area (Å²) in [6, 6.07) is 7.72. The van der Waals surface area contributed by atoms with Gasteiger partial charge in [-0.3, -0.25) is 14.5 Å². The Morgan fingerprint density at radius 3 is 2.54 bits per heavy atom. The minimum Gasteiger partial charge on any atom is -0.548 e. The fourth-order valence-corrected chi connectivity index (χ4v) is 3.97. The summed E-state index contributed by atoms with van der Waals surface area (Å²) >= 11 is 0. The molecule has 5 nitrogen and oxygen atoms in total. The summed E-state index contributed by atoms with van der Waals surface area (Å²) in [6.45, 7) is 3.84. The van der Waals surface area contributed by atoms with Crippen molar-refractivity contribution in [3.05, 3.63) is 47.5 Å². The van der Waals surface area contributed by atoms with Crippen LogP contribution in [-0.2, 0) is 20.8 Å². The van der Waals surface area contributed by atoms with Gasteiger partial charge < -0.3 is 9.90 Å². The van der Waals surface area contributed by atoms with Gasteiger partial charge >= 0.3 is 0 Å². The molecule has 0 N–H and O–H groups in total. The molecule has 2 aliphatic rings. The summed E-state index contributed by atoms with van der Waals surface area (Å²) in [5, 5.41) is 11.7. The van der Waals surface area contributed by atoms with Gasteiger partial charge in [0.05, 0.1) is 23.8 Å². The third-order valence-electron chi connectivity index (χ3n) is 5.02. The van der Waals surface area contributed by atoms with Crippen LogP contribution in [0.3, 0.4) is 0 Å². The third-order valence-corrected chi connectivity index (χ3v) is 5.02. The van der Waals surface area contributed by atoms with Crippen molar-refractivity contribution in [2.45, 2.75) is 32.7 Å². The van der Waals surface area contributed by atoms with Gasteiger partial charge in [-0.2, -0.15) is 0 Å². The molecular formula is C19H20NO4-. The van der Waals surface area contributed by atoms with Crippen molar-refractivity contribution in [3.63, 3.8) is 0 Å². The molecule has 3 rings (SSSR count). The maximum absolute atomic E-state index is 12.8.